The van der Waals surface area contributed by atoms with E-state index in [0.29, 0.717) is 16.4 Å². The number of nitrogens with zero attached hydrogens (tertiary/aromatic N) is 2. The van der Waals surface area contributed by atoms with Crippen molar-refractivity contribution in [2.24, 2.45) is 0 Å². The van der Waals surface area contributed by atoms with E-state index in [-0.39, 0.29) is 18.0 Å². The van der Waals surface area contributed by atoms with Gasteiger partial charge in [0.05, 0.1) is 11.3 Å². The van der Waals surface area contributed by atoms with Gasteiger partial charge in [-0.1, -0.05) is 23.7 Å². The van der Waals surface area contributed by atoms with Crippen LogP contribution in [0.5, 0.6) is 0 Å². The first-order valence-electron chi connectivity index (χ1n) is 5.69. The highest BCUT2D eigenvalue weighted by atomic mass is 35.5. The molecule has 6 nitrogen and oxygen atoms in total. The summed E-state index contributed by atoms with van der Waals surface area (Å²) in [6.45, 7) is 0. The molecular weight excluding hydrogens is 282 g/mol. The third-order valence-electron chi connectivity index (χ3n) is 2.48. The number of hydrogen-bond acceptors (Lipinski definition) is 4. The fourth-order valence-electron chi connectivity index (χ4n) is 1.63. The van der Waals surface area contributed by atoms with Gasteiger partial charge in [-0.15, -0.1) is 0 Å². The normalized spacial score (nSPS) is 10.1. The molecule has 0 aliphatic carbocycles. The number of halogens is 1. The number of carbonyl (C=O) groups is 1. The lowest BCUT2D eigenvalue weighted by Gasteiger charge is -2.04. The van der Waals surface area contributed by atoms with Gasteiger partial charge in [-0.25, -0.2) is 4.98 Å². The van der Waals surface area contributed by atoms with Crippen LogP contribution in [0.1, 0.15) is 5.56 Å². The Morgan fingerprint density at radius 3 is 2.85 bits per heavy atom. The van der Waals surface area contributed by atoms with Gasteiger partial charge in [0.2, 0.25) is 5.91 Å². The number of nitrogens with one attached hydrogen (secondary N) is 1. The van der Waals surface area contributed by atoms with E-state index in [1.54, 1.807) is 18.2 Å². The maximum absolute atomic E-state index is 11.8. The average Bonchev–Trinajstić information content (AvgIpc) is 2.38. The Labute approximate surface area is 119 Å². The highest BCUT2D eigenvalue weighted by Crippen LogP contribution is 2.15. The average molecular weight is 292 g/mol. The molecule has 1 amide bonds. The van der Waals surface area contributed by atoms with Crippen LogP contribution >= 0.6 is 11.6 Å². The zero-order chi connectivity index (χ0) is 14.5. The molecule has 0 atom stereocenters. The number of aromatic nitrogens is 1. The van der Waals surface area contributed by atoms with Crippen molar-refractivity contribution in [3.8, 4) is 0 Å². The van der Waals surface area contributed by atoms with E-state index in [1.165, 1.54) is 24.4 Å². The number of rotatable bonds is 4. The second-order valence-corrected chi connectivity index (χ2v) is 4.45. The molecule has 1 aromatic carbocycles. The van der Waals surface area contributed by atoms with Gasteiger partial charge in [0.15, 0.2) is 0 Å². The van der Waals surface area contributed by atoms with E-state index in [0.717, 1.165) is 0 Å². The Bertz CT molecular complexity index is 661. The fourth-order valence-corrected chi connectivity index (χ4v) is 1.79. The van der Waals surface area contributed by atoms with Gasteiger partial charge >= 0.3 is 0 Å². The molecule has 2 aromatic rings. The van der Waals surface area contributed by atoms with Gasteiger partial charge in [0.1, 0.15) is 5.82 Å². The van der Waals surface area contributed by atoms with E-state index in [4.69, 9.17) is 11.6 Å². The Morgan fingerprint density at radius 1 is 1.35 bits per heavy atom. The SMILES string of the molecule is O=C(Cc1cccc([N+](=O)[O-])c1)Nc1cc(Cl)ccn1. The zero-order valence-electron chi connectivity index (χ0n) is 10.2. The maximum Gasteiger partial charge on any atom is 0.269 e. The first-order chi connectivity index (χ1) is 9.54. The smallest absolute Gasteiger partial charge is 0.269 e. The summed E-state index contributed by atoms with van der Waals surface area (Å²) in [5.41, 5.74) is 0.509. The van der Waals surface area contributed by atoms with Crippen LogP contribution in [-0.2, 0) is 11.2 Å². The maximum atomic E-state index is 11.8. The topological polar surface area (TPSA) is 85.1 Å². The summed E-state index contributed by atoms with van der Waals surface area (Å²) in [6, 6.07) is 9.05. The predicted octanol–water partition coefficient (Wildman–Crippen LogP) is 2.82. The van der Waals surface area contributed by atoms with Crippen molar-refractivity contribution < 1.29 is 9.72 Å². The molecule has 0 saturated carbocycles. The number of non-ortho nitro benzene ring substituents is 1. The number of amides is 1. The van der Waals surface area contributed by atoms with Crippen LogP contribution in [-0.4, -0.2) is 15.8 Å². The monoisotopic (exact) mass is 291 g/mol. The minimum Gasteiger partial charge on any atom is -0.310 e. The van der Waals surface area contributed by atoms with Gasteiger partial charge in [-0.2, -0.15) is 0 Å². The largest absolute Gasteiger partial charge is 0.310 e. The summed E-state index contributed by atoms with van der Waals surface area (Å²) in [7, 11) is 0. The fraction of sp³-hybridized carbons (Fsp3) is 0.0769. The van der Waals surface area contributed by atoms with Crippen LogP contribution in [0.25, 0.3) is 0 Å². The van der Waals surface area contributed by atoms with Gasteiger partial charge in [0, 0.05) is 23.4 Å². The van der Waals surface area contributed by atoms with Crippen LogP contribution in [0.3, 0.4) is 0 Å². The van der Waals surface area contributed by atoms with Gasteiger partial charge < -0.3 is 5.32 Å². The van der Waals surface area contributed by atoms with E-state index in [9.17, 15) is 14.9 Å². The van der Waals surface area contributed by atoms with Crippen molar-refractivity contribution in [1.29, 1.82) is 0 Å². The molecular formula is C13H10ClN3O3. The van der Waals surface area contributed by atoms with E-state index < -0.39 is 4.92 Å². The molecule has 7 heteroatoms. The number of nitro benzene ring substituents is 1. The Kier molecular flexibility index (Phi) is 4.27. The quantitative estimate of drug-likeness (QED) is 0.693. The lowest BCUT2D eigenvalue weighted by Crippen LogP contribution is -2.15. The van der Waals surface area contributed by atoms with Crippen molar-refractivity contribution in [3.63, 3.8) is 0 Å². The van der Waals surface area contributed by atoms with Crippen molar-refractivity contribution in [2.75, 3.05) is 5.32 Å². The molecule has 0 aliphatic rings. The number of benzene rings is 1. The lowest BCUT2D eigenvalue weighted by atomic mass is 10.1. The molecule has 0 saturated heterocycles. The molecule has 20 heavy (non-hydrogen) atoms. The van der Waals surface area contributed by atoms with Crippen LogP contribution in [0.2, 0.25) is 5.02 Å². The van der Waals surface area contributed by atoms with Crippen molar-refractivity contribution >= 4 is 29.0 Å². The Hall–Kier alpha value is -2.47. The van der Waals surface area contributed by atoms with Crippen LogP contribution in [0, 0.1) is 10.1 Å². The predicted molar refractivity (Wildman–Crippen MR) is 74.7 cm³/mol. The van der Waals surface area contributed by atoms with Gasteiger partial charge in [-0.05, 0) is 17.7 Å². The first-order valence-corrected chi connectivity index (χ1v) is 6.07. The summed E-state index contributed by atoms with van der Waals surface area (Å²) in [5, 5.41) is 13.7. The molecule has 0 aliphatic heterocycles. The summed E-state index contributed by atoms with van der Waals surface area (Å²) < 4.78 is 0. The van der Waals surface area contributed by atoms with E-state index >= 15 is 0 Å². The molecule has 1 N–H and O–H groups in total. The highest BCUT2D eigenvalue weighted by Gasteiger charge is 2.09. The minimum absolute atomic E-state index is 0.0237. The molecule has 0 fully saturated rings. The van der Waals surface area contributed by atoms with Crippen LogP contribution in [0.4, 0.5) is 11.5 Å². The number of anilines is 1. The molecule has 102 valence electrons. The Balaban J connectivity index is 2.04. The molecule has 2 rings (SSSR count). The number of nitro groups is 1. The number of carbonyl (C=O) groups excluding carboxylic acids is 1. The second kappa shape index (κ2) is 6.12. The van der Waals surface area contributed by atoms with Crippen molar-refractivity contribution in [2.45, 2.75) is 6.42 Å². The van der Waals surface area contributed by atoms with Crippen LogP contribution < -0.4 is 5.32 Å². The third-order valence-corrected chi connectivity index (χ3v) is 2.71. The number of hydrogen-bond donors (Lipinski definition) is 1. The standard InChI is InChI=1S/C13H10ClN3O3/c14-10-4-5-15-12(8-10)16-13(18)7-9-2-1-3-11(6-9)17(19)20/h1-6,8H,7H2,(H,15,16,18). The van der Waals surface area contributed by atoms with Crippen molar-refractivity contribution in [1.82, 2.24) is 4.98 Å². The third kappa shape index (κ3) is 3.76. The lowest BCUT2D eigenvalue weighted by molar-refractivity contribution is -0.384. The van der Waals surface area contributed by atoms with Crippen molar-refractivity contribution in [3.05, 3.63) is 63.3 Å². The van der Waals surface area contributed by atoms with E-state index in [2.05, 4.69) is 10.3 Å². The summed E-state index contributed by atoms with van der Waals surface area (Å²) in [4.78, 5) is 25.9. The highest BCUT2D eigenvalue weighted by molar-refractivity contribution is 6.30. The molecule has 0 radical (unpaired) electrons. The molecule has 1 heterocycles. The molecule has 0 spiro atoms. The van der Waals surface area contributed by atoms with E-state index in [1.807, 2.05) is 0 Å². The summed E-state index contributed by atoms with van der Waals surface area (Å²) in [6.07, 6.45) is 1.50. The van der Waals surface area contributed by atoms with Gasteiger partial charge in [-0.3, -0.25) is 14.9 Å². The van der Waals surface area contributed by atoms with Gasteiger partial charge in [0.25, 0.3) is 5.69 Å². The minimum atomic E-state index is -0.500. The van der Waals surface area contributed by atoms with Crippen LogP contribution in [0.15, 0.2) is 42.6 Å². The summed E-state index contributed by atoms with van der Waals surface area (Å²) in [5.74, 6) is 0.0215. The molecule has 1 aromatic heterocycles. The first kappa shape index (κ1) is 14.0. The number of pyridine rings is 1. The summed E-state index contributed by atoms with van der Waals surface area (Å²) >= 11 is 5.78. The second-order valence-electron chi connectivity index (χ2n) is 4.01. The zero-order valence-corrected chi connectivity index (χ0v) is 11.0. The Morgan fingerprint density at radius 2 is 2.15 bits per heavy atom. The molecule has 0 bridgehead atoms. The molecule has 0 unspecified atom stereocenters.